The molecule has 1 aromatic rings. The van der Waals surface area contributed by atoms with E-state index in [1.807, 2.05) is 0 Å². The Balaban J connectivity index is 2.55. The molecule has 0 radical (unpaired) electrons. The number of aromatic amines is 1. The lowest BCUT2D eigenvalue weighted by atomic mass is 10.1. The molecule has 0 atom stereocenters. The van der Waals surface area contributed by atoms with E-state index in [0.717, 1.165) is 31.4 Å². The van der Waals surface area contributed by atoms with Gasteiger partial charge in [0.2, 0.25) is 0 Å². The van der Waals surface area contributed by atoms with Crippen molar-refractivity contribution in [3.63, 3.8) is 0 Å². The molecule has 4 heteroatoms. The lowest BCUT2D eigenvalue weighted by Gasteiger charge is -1.97. The molecule has 13 heavy (non-hydrogen) atoms. The van der Waals surface area contributed by atoms with Crippen LogP contribution in [0.2, 0.25) is 0 Å². The Bertz CT molecular complexity index is 281. The Morgan fingerprint density at radius 2 is 2.38 bits per heavy atom. The van der Waals surface area contributed by atoms with Crippen molar-refractivity contribution in [1.82, 2.24) is 9.97 Å². The van der Waals surface area contributed by atoms with Gasteiger partial charge in [0, 0.05) is 5.69 Å². The van der Waals surface area contributed by atoms with Crippen molar-refractivity contribution in [2.75, 3.05) is 0 Å². The van der Waals surface area contributed by atoms with Crippen LogP contribution in [0.1, 0.15) is 42.4 Å². The van der Waals surface area contributed by atoms with Gasteiger partial charge in [0.1, 0.15) is 0 Å². The second-order valence-corrected chi connectivity index (χ2v) is 2.99. The quantitative estimate of drug-likeness (QED) is 0.683. The summed E-state index contributed by atoms with van der Waals surface area (Å²) in [5, 5.41) is 8.73. The molecular formula is C9H14N2O2. The molecule has 0 saturated carbocycles. The van der Waals surface area contributed by atoms with Crippen LogP contribution in [0.4, 0.5) is 0 Å². The molecule has 0 bridgehead atoms. The van der Waals surface area contributed by atoms with Crippen molar-refractivity contribution in [3.8, 4) is 0 Å². The monoisotopic (exact) mass is 182 g/mol. The zero-order valence-electron chi connectivity index (χ0n) is 7.71. The molecule has 1 aromatic heterocycles. The highest BCUT2D eigenvalue weighted by Gasteiger charge is 2.11. The largest absolute Gasteiger partial charge is 0.476 e. The molecule has 0 aliphatic rings. The number of hydrogen-bond donors (Lipinski definition) is 2. The number of aryl methyl sites for hydroxylation is 1. The van der Waals surface area contributed by atoms with Crippen LogP contribution in [0, 0.1) is 0 Å². The molecule has 1 rings (SSSR count). The summed E-state index contributed by atoms with van der Waals surface area (Å²) in [6, 6.07) is 0. The minimum absolute atomic E-state index is 0.163. The Hall–Kier alpha value is -1.32. The van der Waals surface area contributed by atoms with Crippen LogP contribution < -0.4 is 0 Å². The summed E-state index contributed by atoms with van der Waals surface area (Å²) in [4.78, 5) is 17.2. The molecule has 4 nitrogen and oxygen atoms in total. The van der Waals surface area contributed by atoms with Gasteiger partial charge in [-0.1, -0.05) is 19.8 Å². The number of aromatic carboxylic acids is 1. The van der Waals surface area contributed by atoms with Gasteiger partial charge in [-0.3, -0.25) is 0 Å². The molecule has 0 saturated heterocycles. The third-order valence-electron chi connectivity index (χ3n) is 1.95. The standard InChI is InChI=1S/C9H14N2O2/c1-2-3-4-5-7-8(9(12)13)11-6-10-7/h6H,2-5H2,1H3,(H,10,11)(H,12,13). The third kappa shape index (κ3) is 2.57. The van der Waals surface area contributed by atoms with Crippen molar-refractivity contribution >= 4 is 5.97 Å². The summed E-state index contributed by atoms with van der Waals surface area (Å²) in [5.41, 5.74) is 0.900. The molecule has 0 fully saturated rings. The number of rotatable bonds is 5. The van der Waals surface area contributed by atoms with Gasteiger partial charge in [-0.25, -0.2) is 9.78 Å². The number of hydrogen-bond acceptors (Lipinski definition) is 2. The van der Waals surface area contributed by atoms with Crippen molar-refractivity contribution in [2.24, 2.45) is 0 Å². The fourth-order valence-corrected chi connectivity index (χ4v) is 1.25. The predicted molar refractivity (Wildman–Crippen MR) is 48.8 cm³/mol. The summed E-state index contributed by atoms with van der Waals surface area (Å²) in [6.45, 7) is 2.12. The Morgan fingerprint density at radius 3 is 3.00 bits per heavy atom. The first kappa shape index (κ1) is 9.77. The zero-order chi connectivity index (χ0) is 9.68. The van der Waals surface area contributed by atoms with E-state index >= 15 is 0 Å². The summed E-state index contributed by atoms with van der Waals surface area (Å²) < 4.78 is 0. The van der Waals surface area contributed by atoms with Crippen LogP contribution in [0.25, 0.3) is 0 Å². The van der Waals surface area contributed by atoms with E-state index < -0.39 is 5.97 Å². The van der Waals surface area contributed by atoms with Crippen molar-refractivity contribution in [1.29, 1.82) is 0 Å². The van der Waals surface area contributed by atoms with Gasteiger partial charge in [-0.05, 0) is 12.8 Å². The van der Waals surface area contributed by atoms with E-state index in [1.165, 1.54) is 6.33 Å². The number of carboxylic acids is 1. The fraction of sp³-hybridized carbons (Fsp3) is 0.556. The van der Waals surface area contributed by atoms with Crippen molar-refractivity contribution in [3.05, 3.63) is 17.7 Å². The topological polar surface area (TPSA) is 66.0 Å². The van der Waals surface area contributed by atoms with Gasteiger partial charge in [0.15, 0.2) is 5.69 Å². The summed E-state index contributed by atoms with van der Waals surface area (Å²) in [5.74, 6) is -0.951. The molecule has 0 aliphatic carbocycles. The maximum Gasteiger partial charge on any atom is 0.356 e. The van der Waals surface area contributed by atoms with Gasteiger partial charge in [-0.15, -0.1) is 0 Å². The number of H-pyrrole nitrogens is 1. The number of unbranched alkanes of at least 4 members (excludes halogenated alkanes) is 2. The summed E-state index contributed by atoms with van der Waals surface area (Å²) >= 11 is 0. The van der Waals surface area contributed by atoms with E-state index in [2.05, 4.69) is 16.9 Å². The van der Waals surface area contributed by atoms with Crippen LogP contribution in [-0.2, 0) is 6.42 Å². The third-order valence-corrected chi connectivity index (χ3v) is 1.95. The van der Waals surface area contributed by atoms with Gasteiger partial charge < -0.3 is 10.1 Å². The summed E-state index contributed by atoms with van der Waals surface area (Å²) in [6.07, 6.45) is 5.48. The Kier molecular flexibility index (Phi) is 3.49. The zero-order valence-corrected chi connectivity index (χ0v) is 7.71. The fourth-order valence-electron chi connectivity index (χ4n) is 1.25. The first-order valence-corrected chi connectivity index (χ1v) is 4.51. The second kappa shape index (κ2) is 4.64. The van der Waals surface area contributed by atoms with Crippen LogP contribution in [0.15, 0.2) is 6.33 Å². The number of nitrogens with zero attached hydrogens (tertiary/aromatic N) is 1. The molecule has 0 unspecified atom stereocenters. The first-order valence-electron chi connectivity index (χ1n) is 4.51. The minimum Gasteiger partial charge on any atom is -0.476 e. The predicted octanol–water partition coefficient (Wildman–Crippen LogP) is 1.84. The number of carbonyl (C=O) groups is 1. The molecular weight excluding hydrogens is 168 g/mol. The Morgan fingerprint density at radius 1 is 1.62 bits per heavy atom. The highest BCUT2D eigenvalue weighted by atomic mass is 16.4. The lowest BCUT2D eigenvalue weighted by Crippen LogP contribution is -2.01. The molecule has 0 amide bonds. The number of nitrogens with one attached hydrogen (secondary N) is 1. The molecule has 2 N–H and O–H groups in total. The van der Waals surface area contributed by atoms with E-state index in [4.69, 9.17) is 5.11 Å². The van der Waals surface area contributed by atoms with Crippen molar-refractivity contribution < 1.29 is 9.90 Å². The molecule has 0 aromatic carbocycles. The van der Waals surface area contributed by atoms with Crippen LogP contribution in [-0.4, -0.2) is 21.0 Å². The van der Waals surface area contributed by atoms with E-state index in [0.29, 0.717) is 0 Å². The highest BCUT2D eigenvalue weighted by molar-refractivity contribution is 5.86. The maximum atomic E-state index is 10.6. The number of aromatic nitrogens is 2. The molecule has 72 valence electrons. The van der Waals surface area contributed by atoms with Crippen molar-refractivity contribution in [2.45, 2.75) is 32.6 Å². The van der Waals surface area contributed by atoms with Gasteiger partial charge in [0.25, 0.3) is 0 Å². The van der Waals surface area contributed by atoms with Gasteiger partial charge in [-0.2, -0.15) is 0 Å². The maximum absolute atomic E-state index is 10.6. The Labute approximate surface area is 77.0 Å². The van der Waals surface area contributed by atoms with Gasteiger partial charge >= 0.3 is 5.97 Å². The van der Waals surface area contributed by atoms with Crippen LogP contribution in [0.3, 0.4) is 0 Å². The minimum atomic E-state index is -0.951. The highest BCUT2D eigenvalue weighted by Crippen LogP contribution is 2.08. The number of imidazole rings is 1. The lowest BCUT2D eigenvalue weighted by molar-refractivity contribution is 0.0690. The molecule has 0 aliphatic heterocycles. The smallest absolute Gasteiger partial charge is 0.356 e. The summed E-state index contributed by atoms with van der Waals surface area (Å²) in [7, 11) is 0. The molecule has 0 spiro atoms. The second-order valence-electron chi connectivity index (χ2n) is 2.99. The number of carboxylic acid groups (broad SMARTS) is 1. The van der Waals surface area contributed by atoms with E-state index in [9.17, 15) is 4.79 Å². The SMILES string of the molecule is CCCCCc1[nH]cnc1C(=O)O. The first-order chi connectivity index (χ1) is 6.25. The van der Waals surface area contributed by atoms with Crippen LogP contribution >= 0.6 is 0 Å². The normalized spacial score (nSPS) is 10.2. The van der Waals surface area contributed by atoms with Crippen LogP contribution in [0.5, 0.6) is 0 Å². The van der Waals surface area contributed by atoms with Gasteiger partial charge in [0.05, 0.1) is 6.33 Å². The molecule has 1 heterocycles. The average Bonchev–Trinajstić information content (AvgIpc) is 2.53. The van der Waals surface area contributed by atoms with E-state index in [1.54, 1.807) is 0 Å². The van der Waals surface area contributed by atoms with E-state index in [-0.39, 0.29) is 5.69 Å². The average molecular weight is 182 g/mol.